The molecular weight excluding hydrogens is 178 g/mol. The molecule has 1 aliphatic heterocycles. The fraction of sp³-hybridized carbons (Fsp3) is 1.00. The van der Waals surface area contributed by atoms with Crippen molar-refractivity contribution in [2.45, 2.75) is 63.3 Å². The Kier molecular flexibility index (Phi) is 2.82. The van der Waals surface area contributed by atoms with Gasteiger partial charge in [-0.1, -0.05) is 0 Å². The highest BCUT2D eigenvalue weighted by molar-refractivity contribution is 4.98. The normalized spacial score (nSPS) is 48.6. The van der Waals surface area contributed by atoms with Crippen LogP contribution in [0.3, 0.4) is 0 Å². The molecule has 2 N–H and O–H groups in total. The molecule has 2 fully saturated rings. The second-order valence-electron chi connectivity index (χ2n) is 4.93. The number of hydrogen-bond acceptors (Lipinski definition) is 3. The van der Waals surface area contributed by atoms with E-state index < -0.39 is 0 Å². The second kappa shape index (κ2) is 3.80. The van der Waals surface area contributed by atoms with Crippen LogP contribution in [0.15, 0.2) is 0 Å². The van der Waals surface area contributed by atoms with Crippen LogP contribution >= 0.6 is 0 Å². The summed E-state index contributed by atoms with van der Waals surface area (Å²) >= 11 is 0. The van der Waals surface area contributed by atoms with Crippen molar-refractivity contribution in [2.24, 2.45) is 0 Å². The average molecular weight is 199 g/mol. The van der Waals surface area contributed by atoms with Gasteiger partial charge in [-0.25, -0.2) is 0 Å². The van der Waals surface area contributed by atoms with E-state index in [9.17, 15) is 5.11 Å². The van der Waals surface area contributed by atoms with E-state index in [2.05, 4.69) is 19.2 Å². The van der Waals surface area contributed by atoms with Crippen LogP contribution in [0, 0.1) is 0 Å². The lowest BCUT2D eigenvalue weighted by molar-refractivity contribution is 0.0695. The van der Waals surface area contributed by atoms with Crippen LogP contribution in [0.4, 0.5) is 0 Å². The van der Waals surface area contributed by atoms with Crippen LogP contribution in [-0.2, 0) is 4.74 Å². The largest absolute Gasteiger partial charge is 0.392 e. The summed E-state index contributed by atoms with van der Waals surface area (Å²) in [4.78, 5) is 0. The first-order chi connectivity index (χ1) is 6.62. The Hall–Kier alpha value is -0.120. The molecule has 82 valence electrons. The predicted molar refractivity (Wildman–Crippen MR) is 55.2 cm³/mol. The monoisotopic (exact) mass is 199 g/mol. The van der Waals surface area contributed by atoms with Crippen LogP contribution < -0.4 is 5.32 Å². The van der Waals surface area contributed by atoms with Gasteiger partial charge in [0.1, 0.15) is 0 Å². The molecule has 2 rings (SSSR count). The number of nitrogens with one attached hydrogen (secondary N) is 1. The van der Waals surface area contributed by atoms with Gasteiger partial charge in [-0.05, 0) is 39.5 Å². The Morgan fingerprint density at radius 3 is 2.71 bits per heavy atom. The Morgan fingerprint density at radius 2 is 2.21 bits per heavy atom. The van der Waals surface area contributed by atoms with Gasteiger partial charge in [0.15, 0.2) is 0 Å². The van der Waals surface area contributed by atoms with Gasteiger partial charge in [0, 0.05) is 18.2 Å². The molecule has 2 aliphatic rings. The van der Waals surface area contributed by atoms with Crippen LogP contribution in [0.25, 0.3) is 0 Å². The van der Waals surface area contributed by atoms with E-state index in [1.54, 1.807) is 0 Å². The minimum Gasteiger partial charge on any atom is -0.392 e. The zero-order chi connectivity index (χ0) is 10.2. The lowest BCUT2D eigenvalue weighted by Crippen LogP contribution is -2.54. The average Bonchev–Trinajstić information content (AvgIpc) is 2.64. The SMILES string of the molecule is CC1OCCC1(C)NC1CCCC1O. The van der Waals surface area contributed by atoms with Gasteiger partial charge in [0.05, 0.1) is 12.2 Å². The molecule has 1 aliphatic carbocycles. The van der Waals surface area contributed by atoms with Crippen molar-refractivity contribution in [1.82, 2.24) is 5.32 Å². The number of ether oxygens (including phenoxy) is 1. The molecule has 0 amide bonds. The molecule has 0 spiro atoms. The summed E-state index contributed by atoms with van der Waals surface area (Å²) in [6.45, 7) is 5.16. The number of hydrogen-bond donors (Lipinski definition) is 2. The standard InChI is InChI=1S/C11H21NO2/c1-8-11(2,6-7-14-8)12-9-4-3-5-10(9)13/h8-10,12-13H,3-7H2,1-2H3. The first kappa shape index (κ1) is 10.4. The van der Waals surface area contributed by atoms with Crippen molar-refractivity contribution < 1.29 is 9.84 Å². The predicted octanol–water partition coefficient (Wildman–Crippen LogP) is 1.06. The third kappa shape index (κ3) is 1.81. The van der Waals surface area contributed by atoms with Gasteiger partial charge in [-0.3, -0.25) is 0 Å². The summed E-state index contributed by atoms with van der Waals surface area (Å²) in [5.74, 6) is 0. The maximum atomic E-state index is 9.75. The molecule has 1 saturated heterocycles. The van der Waals surface area contributed by atoms with Gasteiger partial charge in [0.2, 0.25) is 0 Å². The molecule has 4 unspecified atom stereocenters. The maximum absolute atomic E-state index is 9.75. The lowest BCUT2D eigenvalue weighted by atomic mass is 9.93. The van der Waals surface area contributed by atoms with Crippen molar-refractivity contribution in [3.63, 3.8) is 0 Å². The lowest BCUT2D eigenvalue weighted by Gasteiger charge is -2.33. The highest BCUT2D eigenvalue weighted by Gasteiger charge is 2.40. The topological polar surface area (TPSA) is 41.5 Å². The summed E-state index contributed by atoms with van der Waals surface area (Å²) in [6.07, 6.45) is 4.35. The van der Waals surface area contributed by atoms with E-state index in [1.165, 1.54) is 0 Å². The zero-order valence-corrected chi connectivity index (χ0v) is 9.12. The van der Waals surface area contributed by atoms with Crippen molar-refractivity contribution in [3.8, 4) is 0 Å². The van der Waals surface area contributed by atoms with Crippen molar-refractivity contribution in [1.29, 1.82) is 0 Å². The molecule has 4 atom stereocenters. The van der Waals surface area contributed by atoms with E-state index in [1.807, 2.05) is 0 Å². The maximum Gasteiger partial charge on any atom is 0.0726 e. The third-order valence-electron chi connectivity index (χ3n) is 3.88. The van der Waals surface area contributed by atoms with Gasteiger partial charge in [0.25, 0.3) is 0 Å². The van der Waals surface area contributed by atoms with Gasteiger partial charge in [-0.15, -0.1) is 0 Å². The Labute approximate surface area is 85.8 Å². The van der Waals surface area contributed by atoms with E-state index in [-0.39, 0.29) is 23.8 Å². The molecule has 3 nitrogen and oxygen atoms in total. The second-order valence-corrected chi connectivity index (χ2v) is 4.93. The highest BCUT2D eigenvalue weighted by atomic mass is 16.5. The van der Waals surface area contributed by atoms with Crippen molar-refractivity contribution in [3.05, 3.63) is 0 Å². The molecule has 1 saturated carbocycles. The van der Waals surface area contributed by atoms with Crippen molar-refractivity contribution in [2.75, 3.05) is 6.61 Å². The zero-order valence-electron chi connectivity index (χ0n) is 9.12. The Morgan fingerprint density at radius 1 is 1.43 bits per heavy atom. The smallest absolute Gasteiger partial charge is 0.0726 e. The summed E-state index contributed by atoms with van der Waals surface area (Å²) < 4.78 is 5.57. The fourth-order valence-electron chi connectivity index (χ4n) is 2.56. The van der Waals surface area contributed by atoms with Crippen molar-refractivity contribution >= 4 is 0 Å². The summed E-state index contributed by atoms with van der Waals surface area (Å²) in [7, 11) is 0. The van der Waals surface area contributed by atoms with Gasteiger partial charge in [-0.2, -0.15) is 0 Å². The molecule has 0 bridgehead atoms. The first-order valence-corrected chi connectivity index (χ1v) is 5.69. The van der Waals surface area contributed by atoms with Gasteiger partial charge >= 0.3 is 0 Å². The van der Waals surface area contributed by atoms with E-state index in [0.717, 1.165) is 32.3 Å². The van der Waals surface area contributed by atoms with E-state index in [4.69, 9.17) is 4.74 Å². The molecular formula is C11H21NO2. The quantitative estimate of drug-likeness (QED) is 0.698. The minimum atomic E-state index is -0.153. The van der Waals surface area contributed by atoms with E-state index >= 15 is 0 Å². The summed E-state index contributed by atoms with van der Waals surface area (Å²) in [6, 6.07) is 0.282. The summed E-state index contributed by atoms with van der Waals surface area (Å²) in [5.41, 5.74) is 0.0655. The highest BCUT2D eigenvalue weighted by Crippen LogP contribution is 2.29. The first-order valence-electron chi connectivity index (χ1n) is 5.69. The van der Waals surface area contributed by atoms with E-state index in [0.29, 0.717) is 0 Å². The molecule has 14 heavy (non-hydrogen) atoms. The number of rotatable bonds is 2. The molecule has 3 heteroatoms. The molecule has 0 radical (unpaired) electrons. The van der Waals surface area contributed by atoms with Gasteiger partial charge < -0.3 is 15.2 Å². The number of aliphatic hydroxyl groups is 1. The summed E-state index contributed by atoms with van der Waals surface area (Å²) in [5, 5.41) is 13.3. The molecule has 1 heterocycles. The molecule has 0 aromatic heterocycles. The molecule has 0 aromatic rings. The van der Waals surface area contributed by atoms with Crippen LogP contribution in [0.2, 0.25) is 0 Å². The Bertz CT molecular complexity index is 209. The van der Waals surface area contributed by atoms with Crippen LogP contribution in [-0.4, -0.2) is 35.5 Å². The van der Waals surface area contributed by atoms with Crippen LogP contribution in [0.1, 0.15) is 39.5 Å². The third-order valence-corrected chi connectivity index (χ3v) is 3.88. The number of aliphatic hydroxyl groups excluding tert-OH is 1. The van der Waals surface area contributed by atoms with Crippen LogP contribution in [0.5, 0.6) is 0 Å². The fourth-order valence-corrected chi connectivity index (χ4v) is 2.56. The Balaban J connectivity index is 1.95. The molecule has 0 aromatic carbocycles. The minimum absolute atomic E-state index is 0.0655.